The average Bonchev–Trinajstić information content (AvgIpc) is 2.47. The maximum atomic E-state index is 11.5. The van der Waals surface area contributed by atoms with E-state index < -0.39 is 0 Å². The fraction of sp³-hybridized carbons (Fsp3) is 0.667. The zero-order chi connectivity index (χ0) is 15.4. The molecule has 0 bridgehead atoms. The molecule has 6 nitrogen and oxygen atoms in total. The number of carbonyl (C=O) groups is 1. The van der Waals surface area contributed by atoms with Gasteiger partial charge in [-0.1, -0.05) is 6.92 Å². The van der Waals surface area contributed by atoms with E-state index in [1.165, 1.54) is 0 Å². The number of rotatable bonds is 5. The quantitative estimate of drug-likeness (QED) is 0.862. The Morgan fingerprint density at radius 1 is 1.52 bits per heavy atom. The highest BCUT2D eigenvalue weighted by Gasteiger charge is 2.30. The molecule has 0 radical (unpaired) electrons. The molecular weight excluding hydrogens is 266 g/mol. The van der Waals surface area contributed by atoms with Gasteiger partial charge in [0.1, 0.15) is 5.82 Å². The number of nitrogens with two attached hydrogens (primary N) is 1. The summed E-state index contributed by atoms with van der Waals surface area (Å²) >= 11 is 0. The Morgan fingerprint density at radius 2 is 2.29 bits per heavy atom. The van der Waals surface area contributed by atoms with Crippen molar-refractivity contribution in [3.63, 3.8) is 0 Å². The molecule has 0 aromatic carbocycles. The number of aryl methyl sites for hydroxylation is 1. The maximum absolute atomic E-state index is 11.5. The molecule has 2 unspecified atom stereocenters. The summed E-state index contributed by atoms with van der Waals surface area (Å²) < 4.78 is 0. The molecule has 2 atom stereocenters. The van der Waals surface area contributed by atoms with Gasteiger partial charge in [0.2, 0.25) is 11.9 Å². The van der Waals surface area contributed by atoms with Crippen LogP contribution in [0.25, 0.3) is 0 Å². The van der Waals surface area contributed by atoms with E-state index in [0.717, 1.165) is 37.2 Å². The number of hydrogen-bond donors (Lipinski definition) is 2. The second-order valence-electron chi connectivity index (χ2n) is 5.81. The third-order valence-corrected chi connectivity index (χ3v) is 4.03. The van der Waals surface area contributed by atoms with E-state index in [1.807, 2.05) is 13.1 Å². The van der Waals surface area contributed by atoms with Crippen molar-refractivity contribution >= 4 is 17.7 Å². The summed E-state index contributed by atoms with van der Waals surface area (Å²) in [4.78, 5) is 22.6. The molecule has 1 aliphatic rings. The number of nitrogens with zero attached hydrogens (tertiary/aromatic N) is 3. The summed E-state index contributed by atoms with van der Waals surface area (Å²) in [6.45, 7) is 7.76. The number of primary amides is 1. The number of nitrogens with one attached hydrogen (secondary N) is 1. The van der Waals surface area contributed by atoms with Crippen LogP contribution in [0.3, 0.4) is 0 Å². The number of anilines is 2. The number of hydrogen-bond acceptors (Lipinski definition) is 5. The lowest BCUT2D eigenvalue weighted by molar-refractivity contribution is -0.122. The molecule has 1 fully saturated rings. The van der Waals surface area contributed by atoms with Crippen LogP contribution in [0.5, 0.6) is 0 Å². The van der Waals surface area contributed by atoms with E-state index in [9.17, 15) is 4.79 Å². The first-order valence-corrected chi connectivity index (χ1v) is 7.66. The second kappa shape index (κ2) is 6.74. The van der Waals surface area contributed by atoms with E-state index in [1.54, 1.807) is 0 Å². The Morgan fingerprint density at radius 3 is 2.95 bits per heavy atom. The maximum Gasteiger partial charge on any atom is 0.224 e. The van der Waals surface area contributed by atoms with Gasteiger partial charge in [0.15, 0.2) is 0 Å². The normalized spacial score (nSPS) is 22.1. The molecule has 1 aliphatic heterocycles. The molecule has 3 N–H and O–H groups in total. The predicted octanol–water partition coefficient (Wildman–Crippen LogP) is 1.70. The van der Waals surface area contributed by atoms with Gasteiger partial charge in [-0.2, -0.15) is 4.98 Å². The lowest BCUT2D eigenvalue weighted by atomic mass is 9.92. The van der Waals surface area contributed by atoms with Crippen LogP contribution in [0.4, 0.5) is 11.8 Å². The van der Waals surface area contributed by atoms with E-state index in [-0.39, 0.29) is 11.8 Å². The number of piperidine rings is 1. The standard InChI is InChI=1S/C15H25N5O/c1-4-7-17-15-18-8-10(2)14(19-15)20-9-12(13(16)21)6-5-11(20)3/h8,11-12H,4-7,9H2,1-3H3,(H2,16,21)(H,17,18,19). The average molecular weight is 291 g/mol. The highest BCUT2D eigenvalue weighted by Crippen LogP contribution is 2.28. The fourth-order valence-corrected chi connectivity index (χ4v) is 2.68. The van der Waals surface area contributed by atoms with Crippen molar-refractivity contribution in [2.45, 2.75) is 46.1 Å². The van der Waals surface area contributed by atoms with Gasteiger partial charge in [-0.05, 0) is 33.1 Å². The summed E-state index contributed by atoms with van der Waals surface area (Å²) in [5.41, 5.74) is 6.50. The molecule has 21 heavy (non-hydrogen) atoms. The zero-order valence-electron chi connectivity index (χ0n) is 13.1. The Labute approximate surface area is 126 Å². The summed E-state index contributed by atoms with van der Waals surface area (Å²) in [7, 11) is 0. The molecular formula is C15H25N5O. The van der Waals surface area contributed by atoms with E-state index in [4.69, 9.17) is 5.73 Å². The highest BCUT2D eigenvalue weighted by atomic mass is 16.1. The van der Waals surface area contributed by atoms with E-state index in [0.29, 0.717) is 18.5 Å². The van der Waals surface area contributed by atoms with Gasteiger partial charge in [0.25, 0.3) is 0 Å². The minimum atomic E-state index is -0.219. The number of amides is 1. The van der Waals surface area contributed by atoms with Gasteiger partial charge in [0, 0.05) is 30.9 Å². The Kier molecular flexibility index (Phi) is 4.98. The Bertz CT molecular complexity index is 505. The fourth-order valence-electron chi connectivity index (χ4n) is 2.68. The zero-order valence-corrected chi connectivity index (χ0v) is 13.1. The van der Waals surface area contributed by atoms with Gasteiger partial charge < -0.3 is 16.0 Å². The first-order valence-electron chi connectivity index (χ1n) is 7.66. The van der Waals surface area contributed by atoms with Gasteiger partial charge in [-0.3, -0.25) is 4.79 Å². The topological polar surface area (TPSA) is 84.1 Å². The van der Waals surface area contributed by atoms with Crippen LogP contribution in [0.15, 0.2) is 6.20 Å². The van der Waals surface area contributed by atoms with Crippen LogP contribution in [0.2, 0.25) is 0 Å². The lowest BCUT2D eigenvalue weighted by Crippen LogP contribution is -2.46. The Hall–Kier alpha value is -1.85. The SMILES string of the molecule is CCCNc1ncc(C)c(N2CC(C(N)=O)CCC2C)n1. The van der Waals surface area contributed by atoms with Crippen LogP contribution in [-0.2, 0) is 4.79 Å². The second-order valence-corrected chi connectivity index (χ2v) is 5.81. The van der Waals surface area contributed by atoms with Crippen LogP contribution in [0.1, 0.15) is 38.7 Å². The summed E-state index contributed by atoms with van der Waals surface area (Å²) in [5, 5.41) is 3.21. The largest absolute Gasteiger partial charge is 0.369 e. The molecule has 6 heteroatoms. The first-order chi connectivity index (χ1) is 10.0. The van der Waals surface area contributed by atoms with Crippen LogP contribution >= 0.6 is 0 Å². The summed E-state index contributed by atoms with van der Waals surface area (Å²) in [6.07, 6.45) is 4.67. The molecule has 0 spiro atoms. The molecule has 1 aromatic heterocycles. The number of carbonyl (C=O) groups excluding carboxylic acids is 1. The van der Waals surface area contributed by atoms with Gasteiger partial charge in [0.05, 0.1) is 5.92 Å². The molecule has 2 rings (SSSR count). The summed E-state index contributed by atoms with van der Waals surface area (Å²) in [5.74, 6) is 1.23. The molecule has 1 amide bonds. The molecule has 0 saturated carbocycles. The van der Waals surface area contributed by atoms with Crippen molar-refractivity contribution in [1.82, 2.24) is 9.97 Å². The van der Waals surface area contributed by atoms with E-state index in [2.05, 4.69) is 34.0 Å². The lowest BCUT2D eigenvalue weighted by Gasteiger charge is -2.38. The smallest absolute Gasteiger partial charge is 0.224 e. The van der Waals surface area contributed by atoms with E-state index >= 15 is 0 Å². The van der Waals surface area contributed by atoms with Gasteiger partial charge in [-0.15, -0.1) is 0 Å². The summed E-state index contributed by atoms with van der Waals surface area (Å²) in [6, 6.07) is 0.355. The predicted molar refractivity (Wildman–Crippen MR) is 84.3 cm³/mol. The monoisotopic (exact) mass is 291 g/mol. The molecule has 1 saturated heterocycles. The van der Waals surface area contributed by atoms with Crippen molar-refractivity contribution in [3.05, 3.63) is 11.8 Å². The van der Waals surface area contributed by atoms with Gasteiger partial charge >= 0.3 is 0 Å². The molecule has 116 valence electrons. The van der Waals surface area contributed by atoms with Crippen molar-refractivity contribution in [1.29, 1.82) is 0 Å². The molecule has 2 heterocycles. The van der Waals surface area contributed by atoms with Crippen molar-refractivity contribution in [2.75, 3.05) is 23.3 Å². The Balaban J connectivity index is 2.23. The van der Waals surface area contributed by atoms with Crippen molar-refractivity contribution in [2.24, 2.45) is 11.7 Å². The van der Waals surface area contributed by atoms with Crippen LogP contribution < -0.4 is 16.0 Å². The van der Waals surface area contributed by atoms with Crippen LogP contribution in [0, 0.1) is 12.8 Å². The van der Waals surface area contributed by atoms with Crippen LogP contribution in [-0.4, -0.2) is 35.0 Å². The third-order valence-electron chi connectivity index (χ3n) is 4.03. The van der Waals surface area contributed by atoms with Crippen molar-refractivity contribution < 1.29 is 4.79 Å². The molecule has 0 aliphatic carbocycles. The minimum absolute atomic E-state index is 0.0948. The number of aromatic nitrogens is 2. The first kappa shape index (κ1) is 15.5. The third kappa shape index (κ3) is 3.62. The van der Waals surface area contributed by atoms with Gasteiger partial charge in [-0.25, -0.2) is 4.98 Å². The van der Waals surface area contributed by atoms with Crippen molar-refractivity contribution in [3.8, 4) is 0 Å². The molecule has 1 aromatic rings. The highest BCUT2D eigenvalue weighted by molar-refractivity contribution is 5.77. The minimum Gasteiger partial charge on any atom is -0.369 e.